The van der Waals surface area contributed by atoms with E-state index in [2.05, 4.69) is 5.32 Å². The van der Waals surface area contributed by atoms with E-state index in [4.69, 9.17) is 4.55 Å². The van der Waals surface area contributed by atoms with Crippen molar-refractivity contribution in [2.75, 3.05) is 6.54 Å². The van der Waals surface area contributed by atoms with E-state index in [9.17, 15) is 22.8 Å². The summed E-state index contributed by atoms with van der Waals surface area (Å²) < 4.78 is 40.3. The van der Waals surface area contributed by atoms with Gasteiger partial charge in [-0.15, -0.1) is 0 Å². The quantitative estimate of drug-likeness (QED) is 0.405. The maximum Gasteiger partial charge on any atom is 0.357 e. The first-order valence-electron chi connectivity index (χ1n) is 4.56. The lowest BCUT2D eigenvalue weighted by atomic mass is 10.2. The van der Waals surface area contributed by atoms with Crippen molar-refractivity contribution in [3.63, 3.8) is 0 Å². The zero-order valence-corrected chi connectivity index (χ0v) is 10.1. The first-order valence-corrected chi connectivity index (χ1v) is 7.62. The van der Waals surface area contributed by atoms with E-state index >= 15 is 0 Å². The van der Waals surface area contributed by atoms with Gasteiger partial charge in [0, 0.05) is 12.2 Å². The van der Waals surface area contributed by atoms with Crippen LogP contribution in [-0.4, -0.2) is 33.8 Å². The summed E-state index contributed by atoms with van der Waals surface area (Å²) in [5, 5.41) is 2.77. The van der Waals surface area contributed by atoms with Gasteiger partial charge in [-0.05, 0) is 17.7 Å². The summed E-state index contributed by atoms with van der Waals surface area (Å²) in [6.45, 7) is 0.423. The molecule has 0 radical (unpaired) electrons. The molecule has 0 bridgehead atoms. The number of allylic oxidation sites excluding steroid dienone is 1. The average molecular weight is 279 g/mol. The third kappa shape index (κ3) is 1.78. The Morgan fingerprint density at radius 3 is 2.47 bits per heavy atom. The molecule has 4 N–H and O–H groups in total. The highest BCUT2D eigenvalue weighted by molar-refractivity contribution is 7.95. The van der Waals surface area contributed by atoms with Gasteiger partial charge in [0.1, 0.15) is 0 Å². The maximum absolute atomic E-state index is 11.4. The number of nitrogens with one attached hydrogen (secondary N) is 1. The van der Waals surface area contributed by atoms with E-state index < -0.39 is 22.2 Å². The van der Waals surface area contributed by atoms with E-state index in [0.29, 0.717) is 12.1 Å². The molecule has 0 fully saturated rings. The fourth-order valence-corrected chi connectivity index (χ4v) is 4.09. The first kappa shape index (κ1) is 12.5. The van der Waals surface area contributed by atoms with Gasteiger partial charge in [0.2, 0.25) is 4.49 Å². The lowest BCUT2D eigenvalue weighted by Gasteiger charge is -2.22. The van der Waals surface area contributed by atoms with E-state index in [1.165, 1.54) is 6.08 Å². The van der Waals surface area contributed by atoms with Gasteiger partial charge in [-0.25, -0.2) is 0 Å². The lowest BCUT2D eigenvalue weighted by Crippen LogP contribution is -2.33. The molecule has 94 valence electrons. The fraction of sp³-hybridized carbons (Fsp3) is 0.250. The van der Waals surface area contributed by atoms with Crippen LogP contribution in [0.15, 0.2) is 35.6 Å². The summed E-state index contributed by atoms with van der Waals surface area (Å²) in [5.74, 6) is 0. The highest BCUT2D eigenvalue weighted by Gasteiger charge is 2.57. The van der Waals surface area contributed by atoms with Crippen molar-refractivity contribution in [3.8, 4) is 0 Å². The van der Waals surface area contributed by atoms with Gasteiger partial charge in [-0.1, -0.05) is 12.2 Å². The maximum atomic E-state index is 11.4. The molecule has 0 saturated carbocycles. The Bertz CT molecular complexity index is 598. The molecule has 1 heterocycles. The highest BCUT2D eigenvalue weighted by atomic mass is 32.2. The molecular weight excluding hydrogens is 269 g/mol. The Kier molecular flexibility index (Phi) is 2.61. The van der Waals surface area contributed by atoms with Gasteiger partial charge in [0.25, 0.3) is 10.1 Å². The first-order chi connectivity index (χ1) is 7.67. The summed E-state index contributed by atoms with van der Waals surface area (Å²) in [4.78, 5) is 18.4. The SMILES string of the molecule is O=P(O)(O)C1(S(=O)(=O)O)C=C2C=CCNC2=C1. The Morgan fingerprint density at radius 2 is 2.00 bits per heavy atom. The van der Waals surface area contributed by atoms with E-state index in [1.807, 2.05) is 0 Å². The Hall–Kier alpha value is -0.920. The molecule has 0 aromatic rings. The molecular formula is C8H10NO6PS. The second kappa shape index (κ2) is 3.54. The van der Waals surface area contributed by atoms with Crippen LogP contribution in [0.4, 0.5) is 0 Å². The minimum absolute atomic E-state index is 0.286. The number of hydrogen-bond donors (Lipinski definition) is 4. The molecule has 7 nitrogen and oxygen atoms in total. The van der Waals surface area contributed by atoms with Crippen LogP contribution in [0.2, 0.25) is 0 Å². The third-order valence-corrected chi connectivity index (χ3v) is 6.24. The van der Waals surface area contributed by atoms with Gasteiger partial charge in [-0.2, -0.15) is 8.42 Å². The highest BCUT2D eigenvalue weighted by Crippen LogP contribution is 2.58. The van der Waals surface area contributed by atoms with Gasteiger partial charge in [0.15, 0.2) is 0 Å². The van der Waals surface area contributed by atoms with Crippen LogP contribution in [0.1, 0.15) is 0 Å². The minimum Gasteiger partial charge on any atom is -0.381 e. The molecule has 9 heteroatoms. The number of rotatable bonds is 2. The third-order valence-electron chi connectivity index (χ3n) is 2.60. The van der Waals surface area contributed by atoms with Crippen molar-refractivity contribution in [1.82, 2.24) is 5.32 Å². The van der Waals surface area contributed by atoms with Crippen LogP contribution < -0.4 is 5.32 Å². The van der Waals surface area contributed by atoms with Crippen molar-refractivity contribution in [1.29, 1.82) is 0 Å². The predicted octanol–water partition coefficient (Wildman–Crippen LogP) is -0.268. The van der Waals surface area contributed by atoms with Crippen molar-refractivity contribution >= 4 is 17.7 Å². The molecule has 0 aromatic carbocycles. The Labute approximate surface area is 97.4 Å². The monoisotopic (exact) mass is 279 g/mol. The lowest BCUT2D eigenvalue weighted by molar-refractivity contribution is 0.360. The van der Waals surface area contributed by atoms with Crippen molar-refractivity contribution < 1.29 is 27.3 Å². The summed E-state index contributed by atoms with van der Waals surface area (Å²) >= 11 is 0. The van der Waals surface area contributed by atoms with Crippen molar-refractivity contribution in [2.45, 2.75) is 4.49 Å². The second-order valence-corrected chi connectivity index (χ2v) is 7.47. The summed E-state index contributed by atoms with van der Waals surface area (Å²) in [6.07, 6.45) is 4.91. The van der Waals surface area contributed by atoms with Crippen LogP contribution in [-0.2, 0) is 14.7 Å². The van der Waals surface area contributed by atoms with Gasteiger partial charge in [-0.3, -0.25) is 9.12 Å². The topological polar surface area (TPSA) is 124 Å². The standard InChI is InChI=1S/C8H10NO6PS/c10-16(11,12)8(17(13,14)15)4-6-2-1-3-9-7(6)5-8/h1-2,4-5,9H,3H2,(H2,10,11,12)(H,13,14,15). The molecule has 1 unspecified atom stereocenters. The van der Waals surface area contributed by atoms with E-state index in [1.54, 1.807) is 6.08 Å². The fourth-order valence-electron chi connectivity index (χ4n) is 1.75. The molecule has 1 aliphatic heterocycles. The summed E-state index contributed by atoms with van der Waals surface area (Å²) in [7, 11) is -10.1. The zero-order valence-electron chi connectivity index (χ0n) is 8.44. The molecule has 1 aliphatic carbocycles. The molecule has 2 aliphatic rings. The Morgan fingerprint density at radius 1 is 1.35 bits per heavy atom. The average Bonchev–Trinajstić information content (AvgIpc) is 2.55. The summed E-state index contributed by atoms with van der Waals surface area (Å²) in [6, 6.07) is 0. The van der Waals surface area contributed by atoms with Gasteiger partial charge < -0.3 is 15.1 Å². The van der Waals surface area contributed by atoms with Crippen molar-refractivity contribution in [3.05, 3.63) is 35.6 Å². The largest absolute Gasteiger partial charge is 0.381 e. The molecule has 0 aromatic heterocycles. The second-order valence-electron chi connectivity index (χ2n) is 3.71. The van der Waals surface area contributed by atoms with Crippen LogP contribution in [0.3, 0.4) is 0 Å². The molecule has 1 atom stereocenters. The van der Waals surface area contributed by atoms with E-state index in [0.717, 1.165) is 12.2 Å². The van der Waals surface area contributed by atoms with Crippen LogP contribution in [0.25, 0.3) is 0 Å². The smallest absolute Gasteiger partial charge is 0.357 e. The van der Waals surface area contributed by atoms with Crippen LogP contribution >= 0.6 is 7.60 Å². The normalized spacial score (nSPS) is 28.2. The molecule has 2 rings (SSSR count). The zero-order chi connectivity index (χ0) is 12.9. The van der Waals surface area contributed by atoms with Crippen LogP contribution in [0.5, 0.6) is 0 Å². The summed E-state index contributed by atoms with van der Waals surface area (Å²) in [5.41, 5.74) is 0.616. The molecule has 0 saturated heterocycles. The van der Waals surface area contributed by atoms with Crippen LogP contribution in [0, 0.1) is 0 Å². The van der Waals surface area contributed by atoms with Crippen molar-refractivity contribution in [2.24, 2.45) is 0 Å². The molecule has 0 amide bonds. The molecule has 0 spiro atoms. The molecule has 17 heavy (non-hydrogen) atoms. The van der Waals surface area contributed by atoms with Gasteiger partial charge >= 0.3 is 7.60 Å². The minimum atomic E-state index is -5.10. The Balaban J connectivity index is 2.71. The predicted molar refractivity (Wildman–Crippen MR) is 59.6 cm³/mol. The van der Waals surface area contributed by atoms with Gasteiger partial charge in [0.05, 0.1) is 0 Å². The number of hydrogen-bond acceptors (Lipinski definition) is 4. The number of fused-ring (bicyclic) bond motifs is 1. The van der Waals surface area contributed by atoms with E-state index in [-0.39, 0.29) is 5.70 Å².